The van der Waals surface area contributed by atoms with E-state index in [1.54, 1.807) is 35.4 Å². The second-order valence-electron chi connectivity index (χ2n) is 11.4. The van der Waals surface area contributed by atoms with Crippen molar-refractivity contribution in [2.45, 2.75) is 83.0 Å². The standard InChI is InChI=1S/C29H36FN5O3S/c1-28(2,3)38-27(36)35-17-14-29(37,15-18-35)25-34-23(20-11-7-8-12-21(20)30)24(39-25)22-13-16-31-26(33-22)32-19-9-5-4-6-10-19/h7-8,11-13,16,19,37H,4-6,9-10,14-15,17-18H2,1-3H3,(H,31,32,33). The maximum absolute atomic E-state index is 15.0. The van der Waals surface area contributed by atoms with E-state index in [4.69, 9.17) is 14.7 Å². The van der Waals surface area contributed by atoms with Crippen molar-refractivity contribution < 1.29 is 19.0 Å². The first-order valence-corrected chi connectivity index (χ1v) is 14.5. The fourth-order valence-electron chi connectivity index (χ4n) is 5.11. The third-order valence-electron chi connectivity index (χ3n) is 7.22. The number of hydrogen-bond acceptors (Lipinski definition) is 8. The van der Waals surface area contributed by atoms with Crippen molar-refractivity contribution in [2.24, 2.45) is 0 Å². The molecule has 1 aliphatic carbocycles. The molecule has 2 aromatic heterocycles. The van der Waals surface area contributed by atoms with Crippen LogP contribution in [0.4, 0.5) is 15.1 Å². The van der Waals surface area contributed by atoms with Crippen molar-refractivity contribution in [3.63, 3.8) is 0 Å². The SMILES string of the molecule is CC(C)(C)OC(=O)N1CCC(O)(c2nc(-c3ccccc3F)c(-c3ccnc(NC4CCCCC4)n3)s2)CC1. The molecule has 0 bridgehead atoms. The van der Waals surface area contributed by atoms with Gasteiger partial charge in [-0.3, -0.25) is 0 Å². The van der Waals surface area contributed by atoms with Crippen LogP contribution in [0.2, 0.25) is 0 Å². The molecular formula is C29H36FN5O3S. The molecule has 39 heavy (non-hydrogen) atoms. The average Bonchev–Trinajstić information content (AvgIpc) is 3.35. The Labute approximate surface area is 232 Å². The van der Waals surface area contributed by atoms with Gasteiger partial charge >= 0.3 is 6.09 Å². The Morgan fingerprint density at radius 1 is 1.13 bits per heavy atom. The maximum Gasteiger partial charge on any atom is 0.410 e. The minimum Gasteiger partial charge on any atom is -0.444 e. The normalized spacial score (nSPS) is 18.1. The number of hydrogen-bond donors (Lipinski definition) is 2. The number of carbonyl (C=O) groups excluding carboxylic acids is 1. The van der Waals surface area contributed by atoms with Gasteiger partial charge in [0.1, 0.15) is 22.0 Å². The van der Waals surface area contributed by atoms with E-state index in [2.05, 4.69) is 10.3 Å². The van der Waals surface area contributed by atoms with Crippen LogP contribution in [0.5, 0.6) is 0 Å². The number of aromatic nitrogens is 3. The van der Waals surface area contributed by atoms with Gasteiger partial charge < -0.3 is 20.1 Å². The number of likely N-dealkylation sites (tertiary alicyclic amines) is 1. The van der Waals surface area contributed by atoms with E-state index >= 15 is 0 Å². The summed E-state index contributed by atoms with van der Waals surface area (Å²) in [5, 5.41) is 15.6. The zero-order valence-electron chi connectivity index (χ0n) is 22.7. The molecule has 3 heterocycles. The number of amides is 1. The van der Waals surface area contributed by atoms with Crippen molar-refractivity contribution in [3.8, 4) is 21.8 Å². The highest BCUT2D eigenvalue weighted by Crippen LogP contribution is 2.43. The Hall–Kier alpha value is -3.11. The number of nitrogens with one attached hydrogen (secondary N) is 1. The van der Waals surface area contributed by atoms with Crippen molar-refractivity contribution in [1.29, 1.82) is 0 Å². The summed E-state index contributed by atoms with van der Waals surface area (Å²) in [4.78, 5) is 28.8. The van der Waals surface area contributed by atoms with E-state index in [9.17, 15) is 14.3 Å². The number of carbonyl (C=O) groups is 1. The molecule has 1 saturated carbocycles. The van der Waals surface area contributed by atoms with E-state index in [1.807, 2.05) is 20.8 Å². The van der Waals surface area contributed by atoms with E-state index in [-0.39, 0.29) is 0 Å². The molecule has 1 saturated heterocycles. The molecule has 208 valence electrons. The number of aliphatic hydroxyl groups is 1. The minimum atomic E-state index is -1.25. The quantitative estimate of drug-likeness (QED) is 0.379. The van der Waals surface area contributed by atoms with Crippen LogP contribution in [-0.2, 0) is 10.3 Å². The van der Waals surface area contributed by atoms with Crippen molar-refractivity contribution in [3.05, 3.63) is 47.4 Å². The second kappa shape index (κ2) is 11.2. The van der Waals surface area contributed by atoms with Crippen LogP contribution in [0.25, 0.3) is 21.8 Å². The Kier molecular flexibility index (Phi) is 7.87. The third-order valence-corrected chi connectivity index (χ3v) is 8.49. The van der Waals surface area contributed by atoms with Gasteiger partial charge in [-0.05, 0) is 51.8 Å². The van der Waals surface area contributed by atoms with Gasteiger partial charge in [0.25, 0.3) is 0 Å². The maximum atomic E-state index is 15.0. The first kappa shape index (κ1) is 27.5. The molecular weight excluding hydrogens is 517 g/mol. The van der Waals surface area contributed by atoms with Crippen molar-refractivity contribution in [2.75, 3.05) is 18.4 Å². The lowest BCUT2D eigenvalue weighted by Gasteiger charge is -2.37. The molecule has 5 rings (SSSR count). The number of anilines is 1. The van der Waals surface area contributed by atoms with Crippen LogP contribution >= 0.6 is 11.3 Å². The van der Waals surface area contributed by atoms with Crippen LogP contribution in [0, 0.1) is 5.82 Å². The number of thiazole rings is 1. The number of benzene rings is 1. The molecule has 3 aromatic rings. The number of rotatable bonds is 5. The predicted molar refractivity (Wildman–Crippen MR) is 150 cm³/mol. The number of ether oxygens (including phenoxy) is 1. The largest absolute Gasteiger partial charge is 0.444 e. The fourth-order valence-corrected chi connectivity index (χ4v) is 6.31. The van der Waals surface area contributed by atoms with E-state index in [1.165, 1.54) is 36.7 Å². The van der Waals surface area contributed by atoms with Gasteiger partial charge in [0.2, 0.25) is 5.95 Å². The predicted octanol–water partition coefficient (Wildman–Crippen LogP) is 6.37. The van der Waals surface area contributed by atoms with Crippen molar-refractivity contribution >= 4 is 23.4 Å². The van der Waals surface area contributed by atoms with Gasteiger partial charge in [-0.2, -0.15) is 0 Å². The van der Waals surface area contributed by atoms with Gasteiger partial charge in [-0.15, -0.1) is 11.3 Å². The Balaban J connectivity index is 1.45. The van der Waals surface area contributed by atoms with Crippen LogP contribution in [0.3, 0.4) is 0 Å². The summed E-state index contributed by atoms with van der Waals surface area (Å²) < 4.78 is 20.5. The molecule has 0 atom stereocenters. The zero-order chi connectivity index (χ0) is 27.6. The highest BCUT2D eigenvalue weighted by Gasteiger charge is 2.40. The molecule has 10 heteroatoms. The Bertz CT molecular complexity index is 1310. The molecule has 2 aliphatic rings. The Morgan fingerprint density at radius 2 is 1.85 bits per heavy atom. The lowest BCUT2D eigenvalue weighted by molar-refractivity contribution is -0.0357. The van der Waals surface area contributed by atoms with E-state index in [0.717, 1.165) is 12.8 Å². The van der Waals surface area contributed by atoms with E-state index in [0.29, 0.717) is 64.8 Å². The third kappa shape index (κ3) is 6.38. The summed E-state index contributed by atoms with van der Waals surface area (Å²) in [5.74, 6) is 0.148. The van der Waals surface area contributed by atoms with Crippen LogP contribution in [-0.4, -0.2) is 55.8 Å². The fraction of sp³-hybridized carbons (Fsp3) is 0.517. The lowest BCUT2D eigenvalue weighted by atomic mass is 9.92. The molecule has 0 unspecified atom stereocenters. The average molecular weight is 554 g/mol. The topological polar surface area (TPSA) is 100 Å². The minimum absolute atomic E-state index is 0.300. The Morgan fingerprint density at radius 3 is 2.54 bits per heavy atom. The van der Waals surface area contributed by atoms with Gasteiger partial charge in [-0.1, -0.05) is 31.4 Å². The smallest absolute Gasteiger partial charge is 0.410 e. The first-order chi connectivity index (χ1) is 18.6. The monoisotopic (exact) mass is 553 g/mol. The summed E-state index contributed by atoms with van der Waals surface area (Å²) in [6, 6.07) is 8.64. The van der Waals surface area contributed by atoms with E-state index < -0.39 is 23.1 Å². The highest BCUT2D eigenvalue weighted by molar-refractivity contribution is 7.15. The molecule has 8 nitrogen and oxygen atoms in total. The number of nitrogens with zero attached hydrogens (tertiary/aromatic N) is 4. The van der Waals surface area contributed by atoms with Crippen LogP contribution < -0.4 is 5.32 Å². The van der Waals surface area contributed by atoms with Gasteiger partial charge in [-0.25, -0.2) is 24.1 Å². The summed E-state index contributed by atoms with van der Waals surface area (Å²) >= 11 is 1.32. The number of halogens is 1. The van der Waals surface area contributed by atoms with Crippen LogP contribution in [0.15, 0.2) is 36.5 Å². The van der Waals surface area contributed by atoms with Gasteiger partial charge in [0.05, 0.1) is 16.3 Å². The molecule has 2 fully saturated rings. The molecule has 2 N–H and O–H groups in total. The highest BCUT2D eigenvalue weighted by atomic mass is 32.1. The molecule has 0 radical (unpaired) electrons. The number of piperidine rings is 1. The van der Waals surface area contributed by atoms with Crippen LogP contribution in [0.1, 0.15) is 70.7 Å². The molecule has 1 aliphatic heterocycles. The molecule has 1 amide bonds. The summed E-state index contributed by atoms with van der Waals surface area (Å²) in [7, 11) is 0. The molecule has 0 spiro atoms. The summed E-state index contributed by atoms with van der Waals surface area (Å²) in [6.07, 6.45) is 7.73. The van der Waals surface area contributed by atoms with Crippen molar-refractivity contribution in [1.82, 2.24) is 19.9 Å². The lowest BCUT2D eigenvalue weighted by Crippen LogP contribution is -2.46. The summed E-state index contributed by atoms with van der Waals surface area (Å²) in [6.45, 7) is 6.15. The van der Waals surface area contributed by atoms with Gasteiger partial charge in [0, 0.05) is 43.7 Å². The summed E-state index contributed by atoms with van der Waals surface area (Å²) in [5.41, 5.74) is -0.424. The zero-order valence-corrected chi connectivity index (χ0v) is 23.6. The van der Waals surface area contributed by atoms with Gasteiger partial charge in [0.15, 0.2) is 0 Å². The first-order valence-electron chi connectivity index (χ1n) is 13.7. The second-order valence-corrected chi connectivity index (χ2v) is 12.4. The molecule has 1 aromatic carbocycles.